The van der Waals surface area contributed by atoms with E-state index in [0.717, 1.165) is 6.42 Å². The van der Waals surface area contributed by atoms with Crippen LogP contribution in [0, 0.1) is 0 Å². The van der Waals surface area contributed by atoms with Gasteiger partial charge in [-0.15, -0.1) is 0 Å². The zero-order valence-electron chi connectivity index (χ0n) is 11.2. The van der Waals surface area contributed by atoms with Crippen molar-refractivity contribution in [1.82, 2.24) is 5.32 Å². The molecule has 0 fully saturated rings. The van der Waals surface area contributed by atoms with Crippen molar-refractivity contribution in [2.45, 2.75) is 33.6 Å². The van der Waals surface area contributed by atoms with Crippen molar-refractivity contribution in [2.75, 3.05) is 14.1 Å². The van der Waals surface area contributed by atoms with Gasteiger partial charge in [-0.2, -0.15) is 0 Å². The molecule has 1 N–H and O–H groups in total. The Labute approximate surface area is 100 Å². The zero-order chi connectivity index (χ0) is 12.8. The van der Waals surface area contributed by atoms with Crippen LogP contribution < -0.4 is 5.32 Å². The van der Waals surface area contributed by atoms with Crippen LogP contribution >= 0.6 is 0 Å². The molecule has 0 unspecified atom stereocenters. The van der Waals surface area contributed by atoms with Crippen LogP contribution in [0.25, 0.3) is 0 Å². The monoisotopic (exact) mass is 223 g/mol. The van der Waals surface area contributed by atoms with E-state index in [4.69, 9.17) is 0 Å². The predicted molar refractivity (Wildman–Crippen MR) is 71.8 cm³/mol. The maximum absolute atomic E-state index is 10.6. The van der Waals surface area contributed by atoms with Gasteiger partial charge in [-0.1, -0.05) is 44.2 Å². The molecule has 0 saturated heterocycles. The number of nitrogens with one attached hydrogen (secondary N) is 1. The zero-order valence-corrected chi connectivity index (χ0v) is 11.2. The number of aryl methyl sites for hydroxylation is 1. The van der Waals surface area contributed by atoms with Crippen LogP contribution in [0.1, 0.15) is 32.8 Å². The first kappa shape index (κ1) is 17.3. The summed E-state index contributed by atoms with van der Waals surface area (Å²) < 4.78 is 0. The summed E-state index contributed by atoms with van der Waals surface area (Å²) in [6, 6.07) is 10.1. The van der Waals surface area contributed by atoms with Crippen LogP contribution in [0.15, 0.2) is 30.3 Å². The number of ketones is 1. The summed E-state index contributed by atoms with van der Waals surface area (Å²) in [6.45, 7) is 5.63. The van der Waals surface area contributed by atoms with Gasteiger partial charge in [-0.05, 0) is 33.0 Å². The average Bonchev–Trinajstić information content (AvgIpc) is 2.31. The van der Waals surface area contributed by atoms with Crippen molar-refractivity contribution in [1.29, 1.82) is 0 Å². The van der Waals surface area contributed by atoms with Gasteiger partial charge in [0.15, 0.2) is 0 Å². The molecule has 1 rings (SSSR count). The minimum atomic E-state index is 0.258. The van der Waals surface area contributed by atoms with Gasteiger partial charge in [0.2, 0.25) is 0 Å². The Balaban J connectivity index is 0. The van der Waals surface area contributed by atoms with E-state index in [1.807, 2.05) is 58.3 Å². The normalized spacial score (nSPS) is 8.06. The van der Waals surface area contributed by atoms with Crippen LogP contribution in [-0.4, -0.2) is 19.9 Å². The molecule has 0 aromatic heterocycles. The molecule has 2 heteroatoms. The van der Waals surface area contributed by atoms with Crippen molar-refractivity contribution in [2.24, 2.45) is 0 Å². The summed E-state index contributed by atoms with van der Waals surface area (Å²) in [5, 5.41) is 2.75. The van der Waals surface area contributed by atoms with E-state index >= 15 is 0 Å². The number of hydrogen-bond donors (Lipinski definition) is 1. The molecular formula is C14H25NO. The smallest absolute Gasteiger partial charge is 0.130 e. The first-order valence-corrected chi connectivity index (χ1v) is 5.82. The predicted octanol–water partition coefficient (Wildman–Crippen LogP) is 3.07. The van der Waals surface area contributed by atoms with Gasteiger partial charge in [-0.3, -0.25) is 0 Å². The Bertz CT molecular complexity index is 244. The summed E-state index contributed by atoms with van der Waals surface area (Å²) in [7, 11) is 3.75. The third-order valence-electron chi connectivity index (χ3n) is 1.61. The summed E-state index contributed by atoms with van der Waals surface area (Å²) in [5.74, 6) is 0.258. The molecule has 1 aromatic carbocycles. The number of rotatable bonds is 3. The number of Topliss-reactive ketones (excluding diaryl/α,β-unsaturated/α-hetero) is 1. The molecule has 0 radical (unpaired) electrons. The molecule has 0 atom stereocenters. The van der Waals surface area contributed by atoms with Gasteiger partial charge < -0.3 is 10.1 Å². The lowest BCUT2D eigenvalue weighted by Gasteiger charge is -1.96. The lowest BCUT2D eigenvalue weighted by Crippen LogP contribution is -1.92. The van der Waals surface area contributed by atoms with Crippen molar-refractivity contribution < 1.29 is 4.79 Å². The molecule has 0 aliphatic heterocycles. The summed E-state index contributed by atoms with van der Waals surface area (Å²) in [5.41, 5.74) is 1.24. The number of hydrogen-bond acceptors (Lipinski definition) is 2. The Hall–Kier alpha value is -1.15. The summed E-state index contributed by atoms with van der Waals surface area (Å²) >= 11 is 0. The second-order valence-corrected chi connectivity index (χ2v) is 3.19. The Kier molecular flexibility index (Phi) is 14.9. The standard InChI is InChI=1S/C10H12O.C2H7N.C2H6/c1-9(11)7-8-10-5-3-2-4-6-10;1-3-2;1-2/h2-6H,7-8H2,1H3;3H,1-2H3;1-2H3. The fourth-order valence-corrected chi connectivity index (χ4v) is 0.965. The van der Waals surface area contributed by atoms with Gasteiger partial charge >= 0.3 is 0 Å². The second kappa shape index (κ2) is 13.8. The van der Waals surface area contributed by atoms with Crippen LogP contribution in [-0.2, 0) is 11.2 Å². The Morgan fingerprint density at radius 2 is 1.56 bits per heavy atom. The molecule has 0 heterocycles. The third-order valence-corrected chi connectivity index (χ3v) is 1.61. The second-order valence-electron chi connectivity index (χ2n) is 3.19. The average molecular weight is 223 g/mol. The summed E-state index contributed by atoms with van der Waals surface area (Å²) in [4.78, 5) is 10.6. The highest BCUT2D eigenvalue weighted by Crippen LogP contribution is 2.01. The van der Waals surface area contributed by atoms with Crippen molar-refractivity contribution >= 4 is 5.78 Å². The van der Waals surface area contributed by atoms with Crippen molar-refractivity contribution in [3.63, 3.8) is 0 Å². The van der Waals surface area contributed by atoms with Crippen molar-refractivity contribution in [3.8, 4) is 0 Å². The topological polar surface area (TPSA) is 29.1 Å². The molecule has 0 aliphatic rings. The van der Waals surface area contributed by atoms with Gasteiger partial charge in [-0.25, -0.2) is 0 Å². The molecule has 92 valence electrons. The van der Waals surface area contributed by atoms with Gasteiger partial charge in [0.1, 0.15) is 5.78 Å². The Morgan fingerprint density at radius 1 is 1.12 bits per heavy atom. The largest absolute Gasteiger partial charge is 0.323 e. The van der Waals surface area contributed by atoms with Gasteiger partial charge in [0, 0.05) is 6.42 Å². The minimum absolute atomic E-state index is 0.258. The molecule has 2 nitrogen and oxygen atoms in total. The molecule has 0 bridgehead atoms. The molecule has 0 saturated carbocycles. The highest BCUT2D eigenvalue weighted by molar-refractivity contribution is 5.75. The van der Waals surface area contributed by atoms with E-state index < -0.39 is 0 Å². The molecule has 16 heavy (non-hydrogen) atoms. The quantitative estimate of drug-likeness (QED) is 0.853. The first-order valence-electron chi connectivity index (χ1n) is 5.82. The lowest BCUT2D eigenvalue weighted by molar-refractivity contribution is -0.116. The molecule has 0 aliphatic carbocycles. The summed E-state index contributed by atoms with van der Waals surface area (Å²) in [6.07, 6.45) is 1.53. The van der Waals surface area contributed by atoms with E-state index in [1.165, 1.54) is 5.56 Å². The number of benzene rings is 1. The van der Waals surface area contributed by atoms with E-state index in [0.29, 0.717) is 6.42 Å². The molecular weight excluding hydrogens is 198 g/mol. The SMILES string of the molecule is CC.CC(=O)CCc1ccccc1.CNC. The fourth-order valence-electron chi connectivity index (χ4n) is 0.965. The minimum Gasteiger partial charge on any atom is -0.323 e. The molecule has 0 spiro atoms. The van der Waals surface area contributed by atoms with E-state index in [2.05, 4.69) is 5.32 Å². The van der Waals surface area contributed by atoms with Gasteiger partial charge in [0.05, 0.1) is 0 Å². The van der Waals surface area contributed by atoms with Crippen molar-refractivity contribution in [3.05, 3.63) is 35.9 Å². The van der Waals surface area contributed by atoms with Gasteiger partial charge in [0.25, 0.3) is 0 Å². The van der Waals surface area contributed by atoms with E-state index in [1.54, 1.807) is 6.92 Å². The highest BCUT2D eigenvalue weighted by Gasteiger charge is 1.94. The number of carbonyl (C=O) groups is 1. The van der Waals surface area contributed by atoms with Crippen LogP contribution in [0.5, 0.6) is 0 Å². The highest BCUT2D eigenvalue weighted by atomic mass is 16.1. The lowest BCUT2D eigenvalue weighted by atomic mass is 10.1. The fraction of sp³-hybridized carbons (Fsp3) is 0.500. The maximum Gasteiger partial charge on any atom is 0.130 e. The first-order chi connectivity index (χ1) is 7.70. The van der Waals surface area contributed by atoms with E-state index in [-0.39, 0.29) is 5.78 Å². The van der Waals surface area contributed by atoms with Crippen LogP contribution in [0.4, 0.5) is 0 Å². The Morgan fingerprint density at radius 3 is 1.94 bits per heavy atom. The molecule has 1 aromatic rings. The maximum atomic E-state index is 10.6. The van der Waals surface area contributed by atoms with Crippen LogP contribution in [0.2, 0.25) is 0 Å². The van der Waals surface area contributed by atoms with Crippen LogP contribution in [0.3, 0.4) is 0 Å². The molecule has 0 amide bonds. The van der Waals surface area contributed by atoms with E-state index in [9.17, 15) is 4.79 Å². The number of carbonyl (C=O) groups excluding carboxylic acids is 1. The third kappa shape index (κ3) is 12.8.